The zero-order valence-corrected chi connectivity index (χ0v) is 13.7. The summed E-state index contributed by atoms with van der Waals surface area (Å²) in [5.41, 5.74) is 2.92. The number of hydrogen-bond acceptors (Lipinski definition) is 2. The molecular weight excluding hydrogens is 312 g/mol. The van der Waals surface area contributed by atoms with Crippen molar-refractivity contribution >= 4 is 34.1 Å². The second-order valence-corrected chi connectivity index (χ2v) is 5.63. The summed E-state index contributed by atoms with van der Waals surface area (Å²) in [4.78, 5) is 15.8. The monoisotopic (exact) mass is 328 g/mol. The van der Waals surface area contributed by atoms with Crippen LogP contribution in [0.4, 0.5) is 5.69 Å². The average molecular weight is 329 g/mol. The van der Waals surface area contributed by atoms with E-state index in [0.717, 1.165) is 16.5 Å². The van der Waals surface area contributed by atoms with Crippen molar-refractivity contribution in [2.75, 3.05) is 11.9 Å². The van der Waals surface area contributed by atoms with Crippen LogP contribution >= 0.6 is 11.6 Å². The number of aryl methyl sites for hydroxylation is 1. The van der Waals surface area contributed by atoms with Crippen molar-refractivity contribution in [3.05, 3.63) is 58.7 Å². The van der Waals surface area contributed by atoms with E-state index in [-0.39, 0.29) is 5.91 Å². The molecule has 5 heteroatoms. The number of benzene rings is 2. The minimum Gasteiger partial charge on any atom is -0.492 e. The molecule has 2 N–H and O–H groups in total. The molecule has 4 nitrogen and oxygen atoms in total. The summed E-state index contributed by atoms with van der Waals surface area (Å²) in [6, 6.07) is 12.9. The summed E-state index contributed by atoms with van der Waals surface area (Å²) in [5.74, 6) is 0.446. The Bertz CT molecular complexity index is 871. The predicted molar refractivity (Wildman–Crippen MR) is 93.6 cm³/mol. The number of para-hydroxylation sites is 2. The summed E-state index contributed by atoms with van der Waals surface area (Å²) in [5, 5.41) is 4.49. The van der Waals surface area contributed by atoms with Gasteiger partial charge in [0.25, 0.3) is 5.91 Å². The van der Waals surface area contributed by atoms with E-state index in [2.05, 4.69) is 10.3 Å². The van der Waals surface area contributed by atoms with E-state index in [0.29, 0.717) is 28.8 Å². The predicted octanol–water partition coefficient (Wildman–Crippen LogP) is 4.78. The second-order valence-electron chi connectivity index (χ2n) is 5.20. The number of rotatable bonds is 4. The van der Waals surface area contributed by atoms with Crippen LogP contribution in [-0.2, 0) is 0 Å². The van der Waals surface area contributed by atoms with Crippen molar-refractivity contribution in [1.82, 2.24) is 4.98 Å². The highest BCUT2D eigenvalue weighted by Gasteiger charge is 2.16. The number of fused-ring (bicyclic) bond motifs is 1. The van der Waals surface area contributed by atoms with Crippen molar-refractivity contribution < 1.29 is 9.53 Å². The Kier molecular flexibility index (Phi) is 4.26. The fraction of sp³-hybridized carbons (Fsp3) is 0.167. The van der Waals surface area contributed by atoms with Gasteiger partial charge in [-0.1, -0.05) is 23.7 Å². The number of ether oxygens (including phenoxy) is 1. The fourth-order valence-corrected chi connectivity index (χ4v) is 2.73. The van der Waals surface area contributed by atoms with Gasteiger partial charge in [-0.3, -0.25) is 4.79 Å². The topological polar surface area (TPSA) is 54.1 Å². The van der Waals surface area contributed by atoms with Gasteiger partial charge in [0.15, 0.2) is 0 Å². The Hall–Kier alpha value is -2.46. The number of hydrogen-bond donors (Lipinski definition) is 2. The molecule has 0 saturated heterocycles. The third-order valence-corrected chi connectivity index (χ3v) is 3.92. The zero-order chi connectivity index (χ0) is 16.4. The first kappa shape index (κ1) is 15.4. The van der Waals surface area contributed by atoms with Gasteiger partial charge in [0, 0.05) is 15.9 Å². The molecule has 0 fully saturated rings. The maximum atomic E-state index is 12.6. The third-order valence-electron chi connectivity index (χ3n) is 3.68. The summed E-state index contributed by atoms with van der Waals surface area (Å²) >= 11 is 6.03. The highest BCUT2D eigenvalue weighted by atomic mass is 35.5. The minimum absolute atomic E-state index is 0.207. The third kappa shape index (κ3) is 3.03. The van der Waals surface area contributed by atoms with Gasteiger partial charge in [-0.05, 0) is 49.7 Å². The van der Waals surface area contributed by atoms with E-state index in [1.807, 2.05) is 50.2 Å². The summed E-state index contributed by atoms with van der Waals surface area (Å²) in [7, 11) is 0. The molecule has 1 amide bonds. The lowest BCUT2D eigenvalue weighted by Gasteiger charge is -2.11. The zero-order valence-electron chi connectivity index (χ0n) is 12.9. The minimum atomic E-state index is -0.207. The molecule has 0 atom stereocenters. The number of nitrogens with one attached hydrogen (secondary N) is 2. The van der Waals surface area contributed by atoms with Crippen LogP contribution in [0.3, 0.4) is 0 Å². The number of aromatic amines is 1. The standard InChI is InChI=1S/C18H17ClN2O2/c1-3-23-16-7-5-4-6-15(16)21-18(22)17-11(2)13-10-12(19)8-9-14(13)20-17/h4-10,20H,3H2,1-2H3,(H,21,22). The molecule has 0 bridgehead atoms. The summed E-state index contributed by atoms with van der Waals surface area (Å²) in [6.45, 7) is 4.35. The largest absolute Gasteiger partial charge is 0.492 e. The van der Waals surface area contributed by atoms with Crippen molar-refractivity contribution in [3.8, 4) is 5.75 Å². The molecule has 2 aromatic carbocycles. The molecule has 23 heavy (non-hydrogen) atoms. The Morgan fingerprint density at radius 3 is 2.83 bits per heavy atom. The molecule has 1 aromatic heterocycles. The molecule has 118 valence electrons. The van der Waals surface area contributed by atoms with Crippen molar-refractivity contribution in [3.63, 3.8) is 0 Å². The van der Waals surface area contributed by atoms with Crippen molar-refractivity contribution in [2.24, 2.45) is 0 Å². The van der Waals surface area contributed by atoms with Crippen LogP contribution in [0.2, 0.25) is 5.02 Å². The molecule has 1 heterocycles. The first-order valence-electron chi connectivity index (χ1n) is 7.41. The van der Waals surface area contributed by atoms with Crippen LogP contribution in [0.25, 0.3) is 10.9 Å². The number of aromatic nitrogens is 1. The number of carbonyl (C=O) groups is 1. The van der Waals surface area contributed by atoms with Crippen LogP contribution < -0.4 is 10.1 Å². The lowest BCUT2D eigenvalue weighted by atomic mass is 10.1. The Morgan fingerprint density at radius 2 is 2.04 bits per heavy atom. The Morgan fingerprint density at radius 1 is 1.26 bits per heavy atom. The fourth-order valence-electron chi connectivity index (χ4n) is 2.56. The van der Waals surface area contributed by atoms with Crippen LogP contribution in [0.1, 0.15) is 23.0 Å². The van der Waals surface area contributed by atoms with E-state index in [1.165, 1.54) is 0 Å². The van der Waals surface area contributed by atoms with Gasteiger partial charge < -0.3 is 15.0 Å². The van der Waals surface area contributed by atoms with Gasteiger partial charge in [0.1, 0.15) is 11.4 Å². The molecule has 3 rings (SSSR count). The molecule has 3 aromatic rings. The number of halogens is 1. The van der Waals surface area contributed by atoms with E-state index in [9.17, 15) is 4.79 Å². The molecule has 0 radical (unpaired) electrons. The van der Waals surface area contributed by atoms with E-state index in [1.54, 1.807) is 6.07 Å². The molecule has 0 aliphatic rings. The lowest BCUT2D eigenvalue weighted by molar-refractivity contribution is 0.102. The normalized spacial score (nSPS) is 10.7. The van der Waals surface area contributed by atoms with Crippen molar-refractivity contribution in [1.29, 1.82) is 0 Å². The van der Waals surface area contributed by atoms with Crippen LogP contribution in [0.5, 0.6) is 5.75 Å². The van der Waals surface area contributed by atoms with E-state index >= 15 is 0 Å². The Balaban J connectivity index is 1.94. The van der Waals surface area contributed by atoms with Crippen LogP contribution in [-0.4, -0.2) is 17.5 Å². The number of anilines is 1. The highest BCUT2D eigenvalue weighted by molar-refractivity contribution is 6.31. The van der Waals surface area contributed by atoms with Crippen LogP contribution in [0, 0.1) is 6.92 Å². The lowest BCUT2D eigenvalue weighted by Crippen LogP contribution is -2.14. The van der Waals surface area contributed by atoms with E-state index < -0.39 is 0 Å². The van der Waals surface area contributed by atoms with Gasteiger partial charge in [0.2, 0.25) is 0 Å². The first-order chi connectivity index (χ1) is 11.1. The molecule has 0 spiro atoms. The maximum absolute atomic E-state index is 12.6. The molecule has 0 aliphatic heterocycles. The summed E-state index contributed by atoms with van der Waals surface area (Å²) < 4.78 is 5.54. The molecular formula is C18H17ClN2O2. The molecule has 0 unspecified atom stereocenters. The average Bonchev–Trinajstić information content (AvgIpc) is 2.86. The van der Waals surface area contributed by atoms with Gasteiger partial charge in [-0.25, -0.2) is 0 Å². The van der Waals surface area contributed by atoms with Crippen molar-refractivity contribution in [2.45, 2.75) is 13.8 Å². The van der Waals surface area contributed by atoms with E-state index in [4.69, 9.17) is 16.3 Å². The molecule has 0 aliphatic carbocycles. The van der Waals surface area contributed by atoms with Crippen LogP contribution in [0.15, 0.2) is 42.5 Å². The molecule has 0 saturated carbocycles. The first-order valence-corrected chi connectivity index (χ1v) is 7.79. The highest BCUT2D eigenvalue weighted by Crippen LogP contribution is 2.27. The van der Waals surface area contributed by atoms with Gasteiger partial charge in [-0.15, -0.1) is 0 Å². The maximum Gasteiger partial charge on any atom is 0.272 e. The number of amides is 1. The summed E-state index contributed by atoms with van der Waals surface area (Å²) in [6.07, 6.45) is 0. The number of carbonyl (C=O) groups excluding carboxylic acids is 1. The second kappa shape index (κ2) is 6.34. The SMILES string of the molecule is CCOc1ccccc1NC(=O)c1[nH]c2ccc(Cl)cc2c1C. The van der Waals surface area contributed by atoms with Gasteiger partial charge in [0.05, 0.1) is 12.3 Å². The smallest absolute Gasteiger partial charge is 0.272 e. The number of H-pyrrole nitrogens is 1. The Labute approximate surface area is 139 Å². The van der Waals surface area contributed by atoms with Gasteiger partial charge >= 0.3 is 0 Å². The van der Waals surface area contributed by atoms with Gasteiger partial charge in [-0.2, -0.15) is 0 Å². The quantitative estimate of drug-likeness (QED) is 0.724.